The molecule has 21 heteroatoms. The minimum atomic E-state index is -1.39. The van der Waals surface area contributed by atoms with Crippen molar-refractivity contribution in [3.05, 3.63) is 45.9 Å². The Kier molecular flexibility index (Phi) is 20.8. The summed E-state index contributed by atoms with van der Waals surface area (Å²) in [5, 5.41) is 31.0. The first-order valence-corrected chi connectivity index (χ1v) is 27.6. The Balaban J connectivity index is 1.19. The molecule has 4 aliphatic heterocycles. The van der Waals surface area contributed by atoms with Gasteiger partial charge < -0.3 is 73.7 Å². The summed E-state index contributed by atoms with van der Waals surface area (Å²) in [6.07, 6.45) is -4.07. The molecular formula is C56H89N5O16. The molecule has 0 bridgehead atoms. The van der Waals surface area contributed by atoms with Gasteiger partial charge in [-0.2, -0.15) is 0 Å². The van der Waals surface area contributed by atoms with Crippen molar-refractivity contribution in [1.29, 1.82) is 0 Å². The maximum atomic E-state index is 14.8. The van der Waals surface area contributed by atoms with E-state index >= 15 is 0 Å². The summed E-state index contributed by atoms with van der Waals surface area (Å²) in [4.78, 5) is 68.8. The Morgan fingerprint density at radius 1 is 0.909 bits per heavy atom. The minimum Gasteiger partial charge on any atom is -0.477 e. The number of carboxylic acids is 1. The minimum absolute atomic E-state index is 0.150. The van der Waals surface area contributed by atoms with Gasteiger partial charge in [0, 0.05) is 76.0 Å². The summed E-state index contributed by atoms with van der Waals surface area (Å²) < 4.78 is 59.9. The van der Waals surface area contributed by atoms with Crippen molar-refractivity contribution in [2.24, 2.45) is 23.7 Å². The topological polar surface area (TPSA) is 253 Å². The Morgan fingerprint density at radius 2 is 1.60 bits per heavy atom. The van der Waals surface area contributed by atoms with E-state index in [4.69, 9.17) is 42.6 Å². The molecule has 2 aromatic rings. The molecule has 0 aliphatic carbocycles. The van der Waals surface area contributed by atoms with Gasteiger partial charge in [0.25, 0.3) is 5.56 Å². The average Bonchev–Trinajstić information content (AvgIpc) is 3.73. The molecule has 0 radical (unpaired) electrons. The van der Waals surface area contributed by atoms with Crippen molar-refractivity contribution in [2.45, 2.75) is 199 Å². The summed E-state index contributed by atoms with van der Waals surface area (Å²) in [7, 11) is 6.95. The first-order chi connectivity index (χ1) is 36.3. The lowest BCUT2D eigenvalue weighted by molar-refractivity contribution is -0.322. The molecular weight excluding hydrogens is 999 g/mol. The third-order valence-corrected chi connectivity index (χ3v) is 16.9. The third kappa shape index (κ3) is 13.5. The predicted octanol–water partition coefficient (Wildman–Crippen LogP) is 5.18. The number of carbonyl (C=O) groups is 4. The number of aromatic nitrogens is 1. The van der Waals surface area contributed by atoms with Crippen LogP contribution in [0.3, 0.4) is 0 Å². The molecule has 4 aliphatic rings. The maximum Gasteiger partial charge on any atom is 0.408 e. The van der Waals surface area contributed by atoms with Crippen molar-refractivity contribution >= 4 is 35.0 Å². The van der Waals surface area contributed by atoms with Gasteiger partial charge in [0.15, 0.2) is 18.2 Å². The number of methoxy groups -OCH3 is 2. The van der Waals surface area contributed by atoms with E-state index in [2.05, 4.69) is 16.0 Å². The number of ketones is 1. The molecule has 21 nitrogen and oxygen atoms in total. The van der Waals surface area contributed by atoms with E-state index in [1.54, 1.807) is 47.3 Å². The van der Waals surface area contributed by atoms with Crippen LogP contribution in [0.15, 0.2) is 29.2 Å². The number of nitrogens with one attached hydrogen (secondary N) is 3. The Bertz CT molecular complexity index is 2420. The molecule has 4 fully saturated rings. The molecule has 0 saturated carbocycles. The molecule has 2 aromatic heterocycles. The normalized spacial score (nSPS) is 37.4. The quantitative estimate of drug-likeness (QED) is 0.0897. The maximum absolute atomic E-state index is 14.8. The van der Waals surface area contributed by atoms with Crippen LogP contribution in [-0.4, -0.2) is 182 Å². The molecule has 4 saturated heterocycles. The number of alkyl carbamates (subject to hydrolysis) is 1. The predicted molar refractivity (Wildman–Crippen MR) is 286 cm³/mol. The average molecular weight is 1090 g/mol. The van der Waals surface area contributed by atoms with Crippen LogP contribution in [0.1, 0.15) is 124 Å². The van der Waals surface area contributed by atoms with E-state index in [0.29, 0.717) is 51.0 Å². The van der Waals surface area contributed by atoms with Gasteiger partial charge in [-0.25, -0.2) is 9.59 Å². The Morgan fingerprint density at radius 3 is 2.23 bits per heavy atom. The second-order valence-electron chi connectivity index (χ2n) is 22.8. The SMILES string of the molecule is CCc1cc(C(=O)O)c(=O)n2ccc(NCCNCCCO[C@H]3[C@H](C)O[C@@H](O[C@H]4[C@H](C)[C@@H](O[C@@H]5O[C@H](C)C[C@H](N(C)C)[C@H]5O)[C@](C)(OC)C[C@@H](C)C(=O)C(C)[C@H]5NC(=O)O[C@]5(C)[C@@H](CC)OC(=O)[C@@H]4C)C[C@@]3(C)OC)cc12. The van der Waals surface area contributed by atoms with Gasteiger partial charge in [-0.15, -0.1) is 0 Å². The van der Waals surface area contributed by atoms with Crippen LogP contribution in [0.25, 0.3) is 5.52 Å². The number of pyridine rings is 2. The van der Waals surface area contributed by atoms with Crippen LogP contribution in [0.4, 0.5) is 10.5 Å². The summed E-state index contributed by atoms with van der Waals surface area (Å²) in [5.41, 5.74) is -2.17. The van der Waals surface area contributed by atoms with Crippen molar-refractivity contribution in [3.63, 3.8) is 0 Å². The molecule has 6 heterocycles. The number of aliphatic hydroxyl groups is 1. The standard InChI is InChI=1S/C56H89N5O16/c1-16-36-26-38(50(65)66)49(64)61-23-19-37(27-39(36)61)58-22-21-57-20-18-24-71-48-35(8)73-42(29-55(48,10)70-15)75-45-33(6)47(76-52-44(63)40(60(12)13)25-31(4)72-52)54(9,69-14)28-30(3)43(62)32(5)46-56(11,77-53(68)59-46)41(17-2)74-51(67)34(45)7/h19,23,26-27,30-35,40-42,44-48,52,57-58,63H,16-18,20-22,24-25,28-29H2,1-15H3,(H,59,68)(H,65,66)/t30-,31-,32?,33+,34-,35+,40+,41-,42+,44-,45+,46-,47-,48+,52+,54-,55-,56-/m1/s1. The number of carboxylic acid groups (broad SMARTS) is 1. The smallest absolute Gasteiger partial charge is 0.408 e. The highest BCUT2D eigenvalue weighted by molar-refractivity contribution is 5.88. The van der Waals surface area contributed by atoms with Gasteiger partial charge in [0.05, 0.1) is 53.1 Å². The number of hydrogen-bond acceptors (Lipinski definition) is 18. The number of ether oxygens (including phenoxy) is 9. The number of aliphatic hydroxyl groups excluding tert-OH is 1. The van der Waals surface area contributed by atoms with E-state index < -0.39 is 119 Å². The number of cyclic esters (lactones) is 1. The van der Waals surface area contributed by atoms with Gasteiger partial charge in [-0.05, 0) is 118 Å². The lowest BCUT2D eigenvalue weighted by Gasteiger charge is -2.50. The second-order valence-corrected chi connectivity index (χ2v) is 22.8. The zero-order valence-electron chi connectivity index (χ0n) is 48.0. The molecule has 434 valence electrons. The molecule has 18 atom stereocenters. The van der Waals surface area contributed by atoms with Crippen molar-refractivity contribution in [3.8, 4) is 0 Å². The van der Waals surface area contributed by atoms with Crippen molar-refractivity contribution in [1.82, 2.24) is 19.9 Å². The van der Waals surface area contributed by atoms with E-state index in [0.717, 1.165) is 11.3 Å². The van der Waals surface area contributed by atoms with E-state index in [9.17, 15) is 34.2 Å². The molecule has 6 rings (SSSR count). The van der Waals surface area contributed by atoms with Crippen LogP contribution in [0.2, 0.25) is 0 Å². The van der Waals surface area contributed by atoms with Crippen LogP contribution < -0.4 is 21.5 Å². The number of likely N-dealkylation sites (N-methyl/N-ethyl adjacent to an activating group) is 1. The van der Waals surface area contributed by atoms with E-state index in [1.165, 1.54) is 10.5 Å². The molecule has 77 heavy (non-hydrogen) atoms. The summed E-state index contributed by atoms with van der Waals surface area (Å²) in [5.74, 6) is -5.15. The fourth-order valence-corrected chi connectivity index (χ4v) is 12.4. The highest BCUT2D eigenvalue weighted by atomic mass is 16.7. The third-order valence-electron chi connectivity index (χ3n) is 16.9. The van der Waals surface area contributed by atoms with Crippen LogP contribution in [0.5, 0.6) is 0 Å². The van der Waals surface area contributed by atoms with Crippen molar-refractivity contribution < 1.29 is 72.0 Å². The number of anilines is 1. The van der Waals surface area contributed by atoms with Gasteiger partial charge in [-0.1, -0.05) is 34.6 Å². The number of nitrogens with zero attached hydrogens (tertiary/aromatic N) is 2. The zero-order chi connectivity index (χ0) is 56.9. The number of amides is 1. The number of Topliss-reactive ketones (excluding diaryl/α,β-unsaturated/α-hetero) is 1. The molecule has 1 amide bonds. The summed E-state index contributed by atoms with van der Waals surface area (Å²) >= 11 is 0. The largest absolute Gasteiger partial charge is 0.477 e. The number of aryl methyl sites for hydroxylation is 1. The van der Waals surface area contributed by atoms with Crippen molar-refractivity contribution in [2.75, 3.05) is 59.9 Å². The van der Waals surface area contributed by atoms with Gasteiger partial charge >= 0.3 is 18.0 Å². The molecule has 0 aromatic carbocycles. The Hall–Kier alpha value is -4.29. The van der Waals surface area contributed by atoms with Gasteiger partial charge in [0.1, 0.15) is 29.7 Å². The highest BCUT2D eigenvalue weighted by Crippen LogP contribution is 2.43. The first-order valence-electron chi connectivity index (χ1n) is 27.6. The van der Waals surface area contributed by atoms with Gasteiger partial charge in [0.2, 0.25) is 0 Å². The van der Waals surface area contributed by atoms with Crippen LogP contribution >= 0.6 is 0 Å². The fourth-order valence-electron chi connectivity index (χ4n) is 12.4. The van der Waals surface area contributed by atoms with Gasteiger partial charge in [-0.3, -0.25) is 18.8 Å². The number of esters is 1. The molecule has 1 unspecified atom stereocenters. The first kappa shape index (κ1) is 61.9. The zero-order valence-corrected chi connectivity index (χ0v) is 48.0. The lowest BCUT2D eigenvalue weighted by atomic mass is 9.73. The van der Waals surface area contributed by atoms with Crippen LogP contribution in [0, 0.1) is 23.7 Å². The number of fused-ring (bicyclic) bond motifs is 2. The van der Waals surface area contributed by atoms with Crippen LogP contribution in [-0.2, 0) is 58.6 Å². The highest BCUT2D eigenvalue weighted by Gasteiger charge is 2.58. The number of hydrogen-bond donors (Lipinski definition) is 5. The molecule has 5 N–H and O–H groups in total. The van der Waals surface area contributed by atoms with E-state index in [-0.39, 0.29) is 42.8 Å². The van der Waals surface area contributed by atoms with E-state index in [1.807, 2.05) is 80.5 Å². The fraction of sp³-hybridized carbons (Fsp3) is 0.768. The number of rotatable bonds is 19. The number of aromatic carboxylic acids is 1. The lowest BCUT2D eigenvalue weighted by Crippen LogP contribution is -2.61. The summed E-state index contributed by atoms with van der Waals surface area (Å²) in [6, 6.07) is 3.92. The molecule has 0 spiro atoms. The monoisotopic (exact) mass is 1090 g/mol. The second kappa shape index (κ2) is 25.9. The Labute approximate surface area is 454 Å². The summed E-state index contributed by atoms with van der Waals surface area (Å²) in [6.45, 7) is 22.5. The number of carbonyl (C=O) groups excluding carboxylic acids is 3.